The topological polar surface area (TPSA) is 53.1 Å². The van der Waals surface area contributed by atoms with E-state index in [2.05, 4.69) is 5.10 Å². The van der Waals surface area contributed by atoms with Gasteiger partial charge in [-0.1, -0.05) is 12.1 Å². The predicted octanol–water partition coefficient (Wildman–Crippen LogP) is 1.87. The number of hydrogen-bond acceptors (Lipinski definition) is 3. The minimum Gasteiger partial charge on any atom is -0.494 e. The fourth-order valence-electron chi connectivity index (χ4n) is 1.73. The molecular weight excluding hydrogens is 214 g/mol. The van der Waals surface area contributed by atoms with Gasteiger partial charge in [-0.2, -0.15) is 5.10 Å². The Labute approximate surface area is 101 Å². The highest BCUT2D eigenvalue weighted by Gasteiger charge is 2.12. The second kappa shape index (κ2) is 5.01. The Kier molecular flexibility index (Phi) is 3.44. The summed E-state index contributed by atoms with van der Waals surface area (Å²) < 4.78 is 7.21. The zero-order valence-electron chi connectivity index (χ0n) is 10.1. The summed E-state index contributed by atoms with van der Waals surface area (Å²) in [5, 5.41) is 4.31. The molecule has 1 heterocycles. The van der Waals surface area contributed by atoms with Gasteiger partial charge in [0.2, 0.25) is 0 Å². The minimum atomic E-state index is -0.211. The van der Waals surface area contributed by atoms with Crippen LogP contribution in [-0.2, 0) is 7.05 Å². The van der Waals surface area contributed by atoms with E-state index < -0.39 is 0 Å². The third-order valence-electron chi connectivity index (χ3n) is 2.58. The van der Waals surface area contributed by atoms with E-state index in [-0.39, 0.29) is 6.04 Å². The van der Waals surface area contributed by atoms with Crippen molar-refractivity contribution in [3.63, 3.8) is 0 Å². The van der Waals surface area contributed by atoms with Crippen molar-refractivity contribution in [2.75, 3.05) is 6.61 Å². The molecule has 0 aliphatic carbocycles. The maximum Gasteiger partial charge on any atom is 0.119 e. The maximum absolute atomic E-state index is 6.16. The average Bonchev–Trinajstić information content (AvgIpc) is 2.76. The maximum atomic E-state index is 6.16. The molecule has 1 atom stereocenters. The lowest BCUT2D eigenvalue weighted by molar-refractivity contribution is 0.340. The molecule has 4 heteroatoms. The van der Waals surface area contributed by atoms with E-state index in [1.807, 2.05) is 50.5 Å². The molecule has 2 N–H and O–H groups in total. The van der Waals surface area contributed by atoms with Gasteiger partial charge in [0.25, 0.3) is 0 Å². The first-order valence-corrected chi connectivity index (χ1v) is 5.68. The van der Waals surface area contributed by atoms with Gasteiger partial charge in [0.1, 0.15) is 5.75 Å². The SMILES string of the molecule is CCOc1cccc(C(N)c2ccn(C)n2)c1. The van der Waals surface area contributed by atoms with Crippen molar-refractivity contribution in [1.82, 2.24) is 9.78 Å². The Bertz CT molecular complexity index is 493. The molecule has 1 aromatic carbocycles. The summed E-state index contributed by atoms with van der Waals surface area (Å²) >= 11 is 0. The van der Waals surface area contributed by atoms with Crippen LogP contribution in [0.15, 0.2) is 36.5 Å². The monoisotopic (exact) mass is 231 g/mol. The molecule has 0 saturated heterocycles. The quantitative estimate of drug-likeness (QED) is 0.874. The third kappa shape index (κ3) is 2.65. The molecule has 17 heavy (non-hydrogen) atoms. The number of benzene rings is 1. The van der Waals surface area contributed by atoms with Crippen LogP contribution < -0.4 is 10.5 Å². The first-order valence-electron chi connectivity index (χ1n) is 5.68. The highest BCUT2D eigenvalue weighted by atomic mass is 16.5. The zero-order valence-corrected chi connectivity index (χ0v) is 10.1. The zero-order chi connectivity index (χ0) is 12.3. The summed E-state index contributed by atoms with van der Waals surface area (Å²) in [6.45, 7) is 2.62. The lowest BCUT2D eigenvalue weighted by Crippen LogP contribution is -2.13. The fraction of sp³-hybridized carbons (Fsp3) is 0.308. The largest absolute Gasteiger partial charge is 0.494 e. The van der Waals surface area contributed by atoms with E-state index in [9.17, 15) is 0 Å². The molecule has 0 aliphatic rings. The normalized spacial score (nSPS) is 12.4. The Morgan fingerprint density at radius 1 is 1.41 bits per heavy atom. The number of nitrogens with zero attached hydrogens (tertiary/aromatic N) is 2. The first kappa shape index (κ1) is 11.7. The second-order valence-electron chi connectivity index (χ2n) is 3.90. The predicted molar refractivity (Wildman–Crippen MR) is 66.8 cm³/mol. The smallest absolute Gasteiger partial charge is 0.119 e. The molecule has 0 amide bonds. The Balaban J connectivity index is 2.24. The van der Waals surface area contributed by atoms with Gasteiger partial charge in [-0.25, -0.2) is 0 Å². The standard InChI is InChI=1S/C13H17N3O/c1-3-17-11-6-4-5-10(9-11)13(14)12-7-8-16(2)15-12/h4-9,13H,3,14H2,1-2H3. The van der Waals surface area contributed by atoms with Crippen LogP contribution in [-0.4, -0.2) is 16.4 Å². The van der Waals surface area contributed by atoms with Crippen LogP contribution in [0.4, 0.5) is 0 Å². The Morgan fingerprint density at radius 2 is 2.24 bits per heavy atom. The van der Waals surface area contributed by atoms with Crippen LogP contribution in [0.25, 0.3) is 0 Å². The molecule has 0 aliphatic heterocycles. The molecule has 2 rings (SSSR count). The van der Waals surface area contributed by atoms with E-state index in [0.717, 1.165) is 17.0 Å². The number of aromatic nitrogens is 2. The summed E-state index contributed by atoms with van der Waals surface area (Å²) in [6.07, 6.45) is 1.89. The second-order valence-corrected chi connectivity index (χ2v) is 3.90. The molecular formula is C13H17N3O. The van der Waals surface area contributed by atoms with Gasteiger partial charge >= 0.3 is 0 Å². The summed E-state index contributed by atoms with van der Waals surface area (Å²) in [6, 6.07) is 9.54. The van der Waals surface area contributed by atoms with Crippen LogP contribution in [0.3, 0.4) is 0 Å². The van der Waals surface area contributed by atoms with Gasteiger partial charge < -0.3 is 10.5 Å². The molecule has 0 saturated carbocycles. The molecule has 0 spiro atoms. The molecule has 90 valence electrons. The molecule has 0 radical (unpaired) electrons. The Morgan fingerprint density at radius 3 is 2.88 bits per heavy atom. The molecule has 2 aromatic rings. The van der Waals surface area contributed by atoms with Gasteiger partial charge in [-0.05, 0) is 30.7 Å². The van der Waals surface area contributed by atoms with Crippen molar-refractivity contribution < 1.29 is 4.74 Å². The van der Waals surface area contributed by atoms with E-state index >= 15 is 0 Å². The number of rotatable bonds is 4. The summed E-state index contributed by atoms with van der Waals surface area (Å²) in [5.74, 6) is 0.844. The third-order valence-corrected chi connectivity index (χ3v) is 2.58. The van der Waals surface area contributed by atoms with Crippen molar-refractivity contribution in [2.45, 2.75) is 13.0 Å². The highest BCUT2D eigenvalue weighted by molar-refractivity contribution is 5.34. The molecule has 4 nitrogen and oxygen atoms in total. The van der Waals surface area contributed by atoms with Crippen LogP contribution in [0, 0.1) is 0 Å². The van der Waals surface area contributed by atoms with Gasteiger partial charge in [-0.3, -0.25) is 4.68 Å². The van der Waals surface area contributed by atoms with Crippen LogP contribution >= 0.6 is 0 Å². The van der Waals surface area contributed by atoms with Gasteiger partial charge in [0, 0.05) is 13.2 Å². The number of ether oxygens (including phenoxy) is 1. The number of nitrogens with two attached hydrogens (primary N) is 1. The summed E-state index contributed by atoms with van der Waals surface area (Å²) in [7, 11) is 1.88. The van der Waals surface area contributed by atoms with Gasteiger partial charge in [-0.15, -0.1) is 0 Å². The van der Waals surface area contributed by atoms with Crippen molar-refractivity contribution in [1.29, 1.82) is 0 Å². The molecule has 1 aromatic heterocycles. The van der Waals surface area contributed by atoms with Gasteiger partial charge in [0.15, 0.2) is 0 Å². The van der Waals surface area contributed by atoms with Crippen molar-refractivity contribution in [2.24, 2.45) is 12.8 Å². The van der Waals surface area contributed by atoms with E-state index in [1.54, 1.807) is 4.68 Å². The van der Waals surface area contributed by atoms with E-state index in [0.29, 0.717) is 6.61 Å². The van der Waals surface area contributed by atoms with Gasteiger partial charge in [0.05, 0.1) is 18.3 Å². The molecule has 0 fully saturated rings. The summed E-state index contributed by atoms with van der Waals surface area (Å²) in [4.78, 5) is 0. The van der Waals surface area contributed by atoms with Crippen molar-refractivity contribution >= 4 is 0 Å². The molecule has 1 unspecified atom stereocenters. The van der Waals surface area contributed by atoms with Crippen molar-refractivity contribution in [3.8, 4) is 5.75 Å². The lowest BCUT2D eigenvalue weighted by Gasteiger charge is -2.11. The van der Waals surface area contributed by atoms with Crippen LogP contribution in [0.2, 0.25) is 0 Å². The van der Waals surface area contributed by atoms with E-state index in [4.69, 9.17) is 10.5 Å². The number of hydrogen-bond donors (Lipinski definition) is 1. The number of aryl methyl sites for hydroxylation is 1. The van der Waals surface area contributed by atoms with Crippen LogP contribution in [0.1, 0.15) is 24.2 Å². The van der Waals surface area contributed by atoms with E-state index in [1.165, 1.54) is 0 Å². The lowest BCUT2D eigenvalue weighted by atomic mass is 10.0. The van der Waals surface area contributed by atoms with Crippen molar-refractivity contribution in [3.05, 3.63) is 47.8 Å². The summed E-state index contributed by atoms with van der Waals surface area (Å²) in [5.41, 5.74) is 8.03. The van der Waals surface area contributed by atoms with Crippen LogP contribution in [0.5, 0.6) is 5.75 Å². The highest BCUT2D eigenvalue weighted by Crippen LogP contribution is 2.22. The fourth-order valence-corrected chi connectivity index (χ4v) is 1.73. The molecule has 0 bridgehead atoms. The Hall–Kier alpha value is -1.81. The first-order chi connectivity index (χ1) is 8.20. The minimum absolute atomic E-state index is 0.211. The average molecular weight is 231 g/mol.